The fourth-order valence-electron chi connectivity index (χ4n) is 2.54. The van der Waals surface area contributed by atoms with Crippen molar-refractivity contribution in [2.24, 2.45) is 0 Å². The molecule has 0 saturated carbocycles. The first-order valence-corrected chi connectivity index (χ1v) is 9.09. The van der Waals surface area contributed by atoms with Gasteiger partial charge in [0.25, 0.3) is 0 Å². The van der Waals surface area contributed by atoms with E-state index in [-0.39, 0.29) is 11.8 Å². The van der Waals surface area contributed by atoms with Gasteiger partial charge in [-0.3, -0.25) is 0 Å². The molecule has 1 aliphatic heterocycles. The standard InChI is InChI=1S/C15H23NO4S/c1-3-20-14-7-6-12(9-15(14)19-2)10-16-13-5-4-8-21(17,18)11-13/h6-7,9,13,16H,3-5,8,10-11H2,1-2H3. The van der Waals surface area contributed by atoms with Gasteiger partial charge in [0, 0.05) is 12.6 Å². The van der Waals surface area contributed by atoms with Crippen molar-refractivity contribution in [3.63, 3.8) is 0 Å². The Bertz CT molecular complexity index is 571. The van der Waals surface area contributed by atoms with Gasteiger partial charge in [0.1, 0.15) is 0 Å². The maximum absolute atomic E-state index is 11.6. The third kappa shape index (κ3) is 4.61. The maximum atomic E-state index is 11.6. The monoisotopic (exact) mass is 313 g/mol. The average Bonchev–Trinajstić information content (AvgIpc) is 2.45. The van der Waals surface area contributed by atoms with Crippen LogP contribution in [0.3, 0.4) is 0 Å². The van der Waals surface area contributed by atoms with Crippen LogP contribution < -0.4 is 14.8 Å². The highest BCUT2D eigenvalue weighted by Crippen LogP contribution is 2.28. The van der Waals surface area contributed by atoms with Crippen LogP contribution >= 0.6 is 0 Å². The summed E-state index contributed by atoms with van der Waals surface area (Å²) >= 11 is 0. The Hall–Kier alpha value is -1.27. The van der Waals surface area contributed by atoms with Crippen molar-refractivity contribution in [2.75, 3.05) is 25.2 Å². The zero-order valence-electron chi connectivity index (χ0n) is 12.6. The van der Waals surface area contributed by atoms with Gasteiger partial charge >= 0.3 is 0 Å². The van der Waals surface area contributed by atoms with Crippen LogP contribution in [0.25, 0.3) is 0 Å². The summed E-state index contributed by atoms with van der Waals surface area (Å²) in [6.07, 6.45) is 1.65. The zero-order valence-corrected chi connectivity index (χ0v) is 13.4. The maximum Gasteiger partial charge on any atom is 0.161 e. The number of rotatable bonds is 6. The molecule has 1 saturated heterocycles. The number of nitrogens with one attached hydrogen (secondary N) is 1. The molecule has 1 N–H and O–H groups in total. The molecule has 2 rings (SSSR count). The predicted octanol–water partition coefficient (Wildman–Crippen LogP) is 1.76. The van der Waals surface area contributed by atoms with Gasteiger partial charge in [-0.05, 0) is 37.5 Å². The first-order valence-electron chi connectivity index (χ1n) is 7.27. The summed E-state index contributed by atoms with van der Waals surface area (Å²) in [4.78, 5) is 0. The van der Waals surface area contributed by atoms with E-state index in [4.69, 9.17) is 9.47 Å². The van der Waals surface area contributed by atoms with E-state index in [9.17, 15) is 8.42 Å². The van der Waals surface area contributed by atoms with Crippen molar-refractivity contribution in [1.29, 1.82) is 0 Å². The first-order chi connectivity index (χ1) is 10.0. The van der Waals surface area contributed by atoms with Gasteiger partial charge in [0.15, 0.2) is 21.3 Å². The third-order valence-electron chi connectivity index (χ3n) is 3.59. The quantitative estimate of drug-likeness (QED) is 0.867. The lowest BCUT2D eigenvalue weighted by Crippen LogP contribution is -2.39. The van der Waals surface area contributed by atoms with Gasteiger partial charge in [-0.25, -0.2) is 8.42 Å². The smallest absolute Gasteiger partial charge is 0.161 e. The second-order valence-corrected chi connectivity index (χ2v) is 7.48. The molecule has 6 heteroatoms. The highest BCUT2D eigenvalue weighted by Gasteiger charge is 2.24. The summed E-state index contributed by atoms with van der Waals surface area (Å²) in [5.41, 5.74) is 1.05. The lowest BCUT2D eigenvalue weighted by Gasteiger charge is -2.23. The second-order valence-electron chi connectivity index (χ2n) is 5.25. The van der Waals surface area contributed by atoms with E-state index in [1.807, 2.05) is 25.1 Å². The zero-order chi connectivity index (χ0) is 15.3. The number of benzene rings is 1. The molecule has 0 radical (unpaired) electrons. The van der Waals surface area contributed by atoms with Gasteiger partial charge in [-0.2, -0.15) is 0 Å². The topological polar surface area (TPSA) is 64.6 Å². The normalized spacial score (nSPS) is 21.0. The average molecular weight is 313 g/mol. The number of hydrogen-bond donors (Lipinski definition) is 1. The molecule has 118 valence electrons. The summed E-state index contributed by atoms with van der Waals surface area (Å²) in [6.45, 7) is 3.15. The number of ether oxygens (including phenoxy) is 2. The van der Waals surface area contributed by atoms with Crippen molar-refractivity contribution in [3.05, 3.63) is 23.8 Å². The summed E-state index contributed by atoms with van der Waals surface area (Å²) in [7, 11) is -1.26. The van der Waals surface area contributed by atoms with Crippen LogP contribution in [0, 0.1) is 0 Å². The number of sulfone groups is 1. The lowest BCUT2D eigenvalue weighted by atomic mass is 10.1. The van der Waals surface area contributed by atoms with Crippen LogP contribution in [-0.4, -0.2) is 39.7 Å². The van der Waals surface area contributed by atoms with Crippen LogP contribution in [-0.2, 0) is 16.4 Å². The van der Waals surface area contributed by atoms with E-state index in [0.717, 1.165) is 24.2 Å². The predicted molar refractivity (Wildman–Crippen MR) is 82.7 cm³/mol. The van der Waals surface area contributed by atoms with E-state index in [1.54, 1.807) is 7.11 Å². The van der Waals surface area contributed by atoms with Crippen LogP contribution in [0.1, 0.15) is 25.3 Å². The summed E-state index contributed by atoms with van der Waals surface area (Å²) in [6, 6.07) is 5.82. The van der Waals surface area contributed by atoms with E-state index in [1.165, 1.54) is 0 Å². The summed E-state index contributed by atoms with van der Waals surface area (Å²) < 4.78 is 34.0. The van der Waals surface area contributed by atoms with Crippen molar-refractivity contribution < 1.29 is 17.9 Å². The molecule has 0 aromatic heterocycles. The highest BCUT2D eigenvalue weighted by molar-refractivity contribution is 7.91. The van der Waals surface area contributed by atoms with E-state index >= 15 is 0 Å². The fourth-order valence-corrected chi connectivity index (χ4v) is 4.21. The molecular weight excluding hydrogens is 290 g/mol. The van der Waals surface area contributed by atoms with Crippen LogP contribution in [0.2, 0.25) is 0 Å². The molecule has 1 heterocycles. The molecule has 1 atom stereocenters. The molecule has 0 spiro atoms. The second kappa shape index (κ2) is 7.13. The molecule has 21 heavy (non-hydrogen) atoms. The van der Waals surface area contributed by atoms with Gasteiger partial charge in [-0.1, -0.05) is 6.07 Å². The Morgan fingerprint density at radius 2 is 2.14 bits per heavy atom. The van der Waals surface area contributed by atoms with Crippen molar-refractivity contribution in [2.45, 2.75) is 32.4 Å². The van der Waals surface area contributed by atoms with Crippen LogP contribution in [0.5, 0.6) is 11.5 Å². The minimum Gasteiger partial charge on any atom is -0.493 e. The molecule has 1 aromatic rings. The number of methoxy groups -OCH3 is 1. The molecule has 1 unspecified atom stereocenters. The van der Waals surface area contributed by atoms with Crippen LogP contribution in [0.15, 0.2) is 18.2 Å². The van der Waals surface area contributed by atoms with Gasteiger partial charge in [0.2, 0.25) is 0 Å². The SMILES string of the molecule is CCOc1ccc(CNC2CCCS(=O)(=O)C2)cc1OC. The van der Waals surface area contributed by atoms with Crippen molar-refractivity contribution in [1.82, 2.24) is 5.32 Å². The Kier molecular flexibility index (Phi) is 5.47. The largest absolute Gasteiger partial charge is 0.493 e. The minimum atomic E-state index is -2.87. The van der Waals surface area contributed by atoms with Gasteiger partial charge < -0.3 is 14.8 Å². The fraction of sp³-hybridized carbons (Fsp3) is 0.600. The molecule has 1 fully saturated rings. The number of hydrogen-bond acceptors (Lipinski definition) is 5. The van der Waals surface area contributed by atoms with E-state index in [0.29, 0.717) is 24.7 Å². The highest BCUT2D eigenvalue weighted by atomic mass is 32.2. The Morgan fingerprint density at radius 1 is 1.33 bits per heavy atom. The van der Waals surface area contributed by atoms with E-state index in [2.05, 4.69) is 5.32 Å². The first kappa shape index (κ1) is 16.1. The van der Waals surface area contributed by atoms with Crippen molar-refractivity contribution in [3.8, 4) is 11.5 Å². The Morgan fingerprint density at radius 3 is 2.81 bits per heavy atom. The van der Waals surface area contributed by atoms with E-state index < -0.39 is 9.84 Å². The van der Waals surface area contributed by atoms with Gasteiger partial charge in [-0.15, -0.1) is 0 Å². The summed E-state index contributed by atoms with van der Waals surface area (Å²) in [5.74, 6) is 1.99. The molecular formula is C15H23NO4S. The third-order valence-corrected chi connectivity index (χ3v) is 5.41. The molecule has 0 amide bonds. The molecule has 1 aliphatic rings. The molecule has 5 nitrogen and oxygen atoms in total. The lowest BCUT2D eigenvalue weighted by molar-refractivity contribution is 0.310. The van der Waals surface area contributed by atoms with Gasteiger partial charge in [0.05, 0.1) is 25.2 Å². The van der Waals surface area contributed by atoms with Crippen molar-refractivity contribution >= 4 is 9.84 Å². The molecule has 1 aromatic carbocycles. The minimum absolute atomic E-state index is 0.0429. The summed E-state index contributed by atoms with van der Waals surface area (Å²) in [5, 5.41) is 3.32. The molecule has 0 bridgehead atoms. The molecule has 0 aliphatic carbocycles. The Balaban J connectivity index is 1.97. The van der Waals surface area contributed by atoms with Crippen LogP contribution in [0.4, 0.5) is 0 Å². The Labute approximate surface area is 126 Å².